The normalized spacial score (nSPS) is 12.0. The molecule has 65 heavy (non-hydrogen) atoms. The Morgan fingerprint density at radius 2 is 0.769 bits per heavy atom. The molecule has 2 nitrogen and oxygen atoms in total. The second-order valence-electron chi connectivity index (χ2n) is 16.8. The van der Waals surface area contributed by atoms with Crippen LogP contribution in [0.4, 0.5) is 17.1 Å². The number of aromatic nitrogens is 1. The largest absolute Gasteiger partial charge is 0.310 e. The van der Waals surface area contributed by atoms with Gasteiger partial charge in [-0.2, -0.15) is 0 Å². The molecule has 4 aromatic heterocycles. The standard InChI is InChI=1S/C60H36N2S3/c1-2-10-37(11-3-1)38-18-24-41(25-19-38)61(44-30-34-55-49(36-44)46-13-5-7-15-52(46)63-55)42-26-20-39(21-27-42)40-22-28-43(29-23-40)62-50-33-35-56-57(48-14-6-9-17-54(48)64-56)58(50)59-51(62)32-31-47-45-12-4-8-16-53(45)65-60(47)59/h1-36H. The Bertz CT molecular complexity index is 4150. The molecule has 5 heteroatoms. The first-order valence-electron chi connectivity index (χ1n) is 22.0. The quantitative estimate of drug-likeness (QED) is 0.162. The fraction of sp³-hybridized carbons (Fsp3) is 0. The minimum atomic E-state index is 1.11. The maximum Gasteiger partial charge on any atom is 0.0556 e. The molecule has 4 heterocycles. The smallest absolute Gasteiger partial charge is 0.0556 e. The summed E-state index contributed by atoms with van der Waals surface area (Å²) < 4.78 is 10.5. The lowest BCUT2D eigenvalue weighted by Crippen LogP contribution is -2.09. The Morgan fingerprint density at radius 3 is 1.46 bits per heavy atom. The van der Waals surface area contributed by atoms with Crippen LogP contribution in [0, 0.1) is 0 Å². The monoisotopic (exact) mass is 880 g/mol. The Balaban J connectivity index is 0.878. The summed E-state index contributed by atoms with van der Waals surface area (Å²) in [6.45, 7) is 0. The van der Waals surface area contributed by atoms with E-state index in [1.54, 1.807) is 0 Å². The maximum absolute atomic E-state index is 2.49. The second-order valence-corrected chi connectivity index (χ2v) is 20.0. The average molecular weight is 881 g/mol. The summed E-state index contributed by atoms with van der Waals surface area (Å²) in [5.74, 6) is 0. The van der Waals surface area contributed by atoms with Gasteiger partial charge in [-0.15, -0.1) is 34.0 Å². The van der Waals surface area contributed by atoms with Crippen molar-refractivity contribution >= 4 is 133 Å². The highest BCUT2D eigenvalue weighted by atomic mass is 32.1. The third-order valence-corrected chi connectivity index (χ3v) is 16.7. The number of thiophene rings is 3. The SMILES string of the molecule is c1ccc(-c2ccc(N(c3ccc(-c4ccc(-n5c6ccc7c8ccccc8sc7c6c6c7c(ccc65)sc5ccccc57)cc4)cc3)c3ccc4sc5ccccc5c4c3)cc2)cc1. The molecule has 0 aliphatic carbocycles. The molecule has 0 amide bonds. The number of anilines is 3. The van der Waals surface area contributed by atoms with Crippen molar-refractivity contribution in [3.63, 3.8) is 0 Å². The highest BCUT2D eigenvalue weighted by Crippen LogP contribution is 2.48. The van der Waals surface area contributed by atoms with Crippen LogP contribution in [0.5, 0.6) is 0 Å². The highest BCUT2D eigenvalue weighted by molar-refractivity contribution is 7.27. The summed E-state index contributed by atoms with van der Waals surface area (Å²) in [6.07, 6.45) is 0. The van der Waals surface area contributed by atoms with Crippen molar-refractivity contribution in [2.24, 2.45) is 0 Å². The van der Waals surface area contributed by atoms with Crippen LogP contribution in [0.15, 0.2) is 218 Å². The third-order valence-electron chi connectivity index (χ3n) is 13.2. The van der Waals surface area contributed by atoms with E-state index in [0.717, 1.165) is 22.7 Å². The van der Waals surface area contributed by atoms with Gasteiger partial charge in [0.05, 0.1) is 11.0 Å². The van der Waals surface area contributed by atoms with E-state index < -0.39 is 0 Å². The topological polar surface area (TPSA) is 8.17 Å². The van der Waals surface area contributed by atoms with Crippen LogP contribution >= 0.6 is 34.0 Å². The van der Waals surface area contributed by atoms with E-state index in [2.05, 4.69) is 228 Å². The molecule has 304 valence electrons. The molecule has 0 saturated heterocycles. The Morgan fingerprint density at radius 1 is 0.292 bits per heavy atom. The molecule has 14 rings (SSSR count). The van der Waals surface area contributed by atoms with Gasteiger partial charge in [-0.3, -0.25) is 0 Å². The van der Waals surface area contributed by atoms with Gasteiger partial charge in [0.15, 0.2) is 0 Å². The highest BCUT2D eigenvalue weighted by Gasteiger charge is 2.22. The Labute approximate surface area is 386 Å². The van der Waals surface area contributed by atoms with Crippen LogP contribution in [-0.2, 0) is 0 Å². The minimum Gasteiger partial charge on any atom is -0.310 e. The van der Waals surface area contributed by atoms with E-state index in [-0.39, 0.29) is 0 Å². The van der Waals surface area contributed by atoms with E-state index in [1.807, 2.05) is 34.0 Å². The minimum absolute atomic E-state index is 1.11. The first-order valence-corrected chi connectivity index (χ1v) is 24.4. The van der Waals surface area contributed by atoms with Gasteiger partial charge < -0.3 is 9.47 Å². The number of fused-ring (bicyclic) bond motifs is 14. The van der Waals surface area contributed by atoms with Gasteiger partial charge in [0.2, 0.25) is 0 Å². The molecule has 0 radical (unpaired) electrons. The summed E-state index contributed by atoms with van der Waals surface area (Å²) >= 11 is 5.67. The van der Waals surface area contributed by atoms with Crippen molar-refractivity contribution < 1.29 is 0 Å². The average Bonchev–Trinajstić information content (AvgIpc) is 4.13. The number of rotatable bonds is 6. The zero-order valence-electron chi connectivity index (χ0n) is 34.9. The van der Waals surface area contributed by atoms with Crippen LogP contribution in [0.1, 0.15) is 0 Å². The molecule has 14 aromatic rings. The molecule has 0 aliphatic rings. The number of hydrogen-bond acceptors (Lipinski definition) is 4. The van der Waals surface area contributed by atoms with Crippen LogP contribution in [0.3, 0.4) is 0 Å². The fourth-order valence-corrected chi connectivity index (χ4v) is 13.7. The summed E-state index contributed by atoms with van der Waals surface area (Å²) in [7, 11) is 0. The second kappa shape index (κ2) is 14.5. The molecule has 0 N–H and O–H groups in total. The van der Waals surface area contributed by atoms with Crippen molar-refractivity contribution in [1.82, 2.24) is 4.57 Å². The number of benzene rings is 10. The van der Waals surface area contributed by atoms with Gasteiger partial charge in [0.1, 0.15) is 0 Å². The zero-order chi connectivity index (χ0) is 42.6. The van der Waals surface area contributed by atoms with Gasteiger partial charge in [-0.1, -0.05) is 127 Å². The Hall–Kier alpha value is -7.54. The van der Waals surface area contributed by atoms with E-state index in [4.69, 9.17) is 0 Å². The number of hydrogen-bond donors (Lipinski definition) is 0. The number of nitrogens with zero attached hydrogens (tertiary/aromatic N) is 2. The summed E-state index contributed by atoms with van der Waals surface area (Å²) in [6, 6.07) is 80.6. The molecule has 0 bridgehead atoms. The van der Waals surface area contributed by atoms with Gasteiger partial charge in [-0.25, -0.2) is 0 Å². The summed E-state index contributed by atoms with van der Waals surface area (Å²) in [5.41, 5.74) is 11.8. The Kier molecular flexibility index (Phi) is 8.23. The maximum atomic E-state index is 2.49. The van der Waals surface area contributed by atoms with Gasteiger partial charge in [0.25, 0.3) is 0 Å². The van der Waals surface area contributed by atoms with Gasteiger partial charge in [0, 0.05) is 94.0 Å². The lowest BCUT2D eigenvalue weighted by molar-refractivity contribution is 1.18. The summed E-state index contributed by atoms with van der Waals surface area (Å²) in [4.78, 5) is 2.39. The van der Waals surface area contributed by atoms with Crippen LogP contribution < -0.4 is 4.90 Å². The van der Waals surface area contributed by atoms with Crippen molar-refractivity contribution in [2.75, 3.05) is 4.90 Å². The third kappa shape index (κ3) is 5.76. The fourth-order valence-electron chi connectivity index (χ4n) is 10.2. The molecule has 0 unspecified atom stereocenters. The predicted octanol–water partition coefficient (Wildman–Crippen LogP) is 18.7. The molecule has 0 atom stereocenters. The van der Waals surface area contributed by atoms with Crippen LogP contribution in [0.25, 0.3) is 110 Å². The van der Waals surface area contributed by atoms with Crippen LogP contribution in [-0.4, -0.2) is 4.57 Å². The molecule has 0 fully saturated rings. The molecule has 10 aromatic carbocycles. The molecule has 0 saturated carbocycles. The van der Waals surface area contributed by atoms with E-state index in [0.29, 0.717) is 0 Å². The van der Waals surface area contributed by atoms with Gasteiger partial charge in [-0.05, 0) is 113 Å². The first-order chi connectivity index (χ1) is 32.2. The van der Waals surface area contributed by atoms with E-state index in [1.165, 1.54) is 105 Å². The van der Waals surface area contributed by atoms with Crippen LogP contribution in [0.2, 0.25) is 0 Å². The predicted molar refractivity (Wildman–Crippen MR) is 285 cm³/mol. The zero-order valence-corrected chi connectivity index (χ0v) is 37.4. The molecular formula is C60H36N2S3. The van der Waals surface area contributed by atoms with E-state index in [9.17, 15) is 0 Å². The lowest BCUT2D eigenvalue weighted by Gasteiger charge is -2.26. The first kappa shape index (κ1) is 36.9. The molecular weight excluding hydrogens is 845 g/mol. The van der Waals surface area contributed by atoms with Crippen molar-refractivity contribution in [3.05, 3.63) is 218 Å². The lowest BCUT2D eigenvalue weighted by atomic mass is 10.0. The van der Waals surface area contributed by atoms with E-state index >= 15 is 0 Å². The molecule has 0 aliphatic heterocycles. The van der Waals surface area contributed by atoms with Gasteiger partial charge >= 0.3 is 0 Å². The van der Waals surface area contributed by atoms with Crippen molar-refractivity contribution in [1.29, 1.82) is 0 Å². The van der Waals surface area contributed by atoms with Crippen molar-refractivity contribution in [3.8, 4) is 27.9 Å². The summed E-state index contributed by atoms with van der Waals surface area (Å²) in [5, 5.41) is 10.6. The van der Waals surface area contributed by atoms with Crippen molar-refractivity contribution in [2.45, 2.75) is 0 Å². The molecule has 0 spiro atoms.